The summed E-state index contributed by atoms with van der Waals surface area (Å²) in [6, 6.07) is 13.9. The molecule has 2 heterocycles. The highest BCUT2D eigenvalue weighted by atomic mass is 79.9. The molecule has 2 aromatic carbocycles. The number of fused-ring (bicyclic) bond motifs is 1. The standard InChI is InChI=1S/C19H14BrClN2OS/c1-24-14-6-7-15(16(20)10-14)18-11-17(12-2-4-13(21)5-3-12)22-19-23(18)8-9-25-19/h2-11,18H,1H3. The monoisotopic (exact) mass is 432 g/mol. The molecule has 25 heavy (non-hydrogen) atoms. The lowest BCUT2D eigenvalue weighted by Crippen LogP contribution is -2.27. The molecule has 2 aliphatic rings. The van der Waals surface area contributed by atoms with E-state index in [0.29, 0.717) is 0 Å². The zero-order chi connectivity index (χ0) is 17.4. The molecule has 0 radical (unpaired) electrons. The fourth-order valence-corrected chi connectivity index (χ4v) is 4.32. The van der Waals surface area contributed by atoms with Crippen LogP contribution in [0.15, 0.2) is 69.6 Å². The van der Waals surface area contributed by atoms with Crippen LogP contribution in [0.5, 0.6) is 5.75 Å². The predicted molar refractivity (Wildman–Crippen MR) is 109 cm³/mol. The summed E-state index contributed by atoms with van der Waals surface area (Å²) in [7, 11) is 1.67. The molecule has 1 unspecified atom stereocenters. The third-order valence-electron chi connectivity index (χ3n) is 4.11. The summed E-state index contributed by atoms with van der Waals surface area (Å²) < 4.78 is 6.32. The minimum atomic E-state index is 0.0599. The molecule has 0 spiro atoms. The van der Waals surface area contributed by atoms with E-state index in [2.05, 4.69) is 44.6 Å². The van der Waals surface area contributed by atoms with E-state index in [1.54, 1.807) is 18.9 Å². The van der Waals surface area contributed by atoms with Crippen molar-refractivity contribution in [3.8, 4) is 5.75 Å². The Morgan fingerprint density at radius 2 is 2.00 bits per heavy atom. The van der Waals surface area contributed by atoms with Crippen LogP contribution in [0.2, 0.25) is 5.02 Å². The van der Waals surface area contributed by atoms with Crippen molar-refractivity contribution in [3.05, 3.63) is 80.8 Å². The van der Waals surface area contributed by atoms with Crippen LogP contribution >= 0.6 is 39.3 Å². The van der Waals surface area contributed by atoms with Crippen LogP contribution in [-0.2, 0) is 0 Å². The Balaban J connectivity index is 1.78. The van der Waals surface area contributed by atoms with Gasteiger partial charge < -0.3 is 9.64 Å². The normalized spacial score (nSPS) is 18.7. The summed E-state index contributed by atoms with van der Waals surface area (Å²) >= 11 is 11.3. The smallest absolute Gasteiger partial charge is 0.173 e. The van der Waals surface area contributed by atoms with Crippen molar-refractivity contribution in [1.82, 2.24) is 4.90 Å². The quantitative estimate of drug-likeness (QED) is 0.586. The molecule has 3 nitrogen and oxygen atoms in total. The fraction of sp³-hybridized carbons (Fsp3) is 0.105. The molecule has 2 aromatic rings. The number of methoxy groups -OCH3 is 1. The highest BCUT2D eigenvalue weighted by Gasteiger charge is 2.29. The number of halogens is 2. The maximum atomic E-state index is 6.02. The molecule has 0 amide bonds. The Morgan fingerprint density at radius 3 is 2.72 bits per heavy atom. The Hall–Kier alpha value is -1.69. The van der Waals surface area contributed by atoms with Crippen molar-refractivity contribution < 1.29 is 4.74 Å². The first kappa shape index (κ1) is 16.8. The second-order valence-electron chi connectivity index (χ2n) is 5.60. The van der Waals surface area contributed by atoms with Crippen molar-refractivity contribution >= 4 is 50.2 Å². The van der Waals surface area contributed by atoms with Crippen LogP contribution < -0.4 is 4.74 Å². The summed E-state index contributed by atoms with van der Waals surface area (Å²) in [6.45, 7) is 0. The number of hydrogen-bond donors (Lipinski definition) is 0. The number of nitrogens with zero attached hydrogens (tertiary/aromatic N) is 2. The van der Waals surface area contributed by atoms with Crippen molar-refractivity contribution in [1.29, 1.82) is 0 Å². The van der Waals surface area contributed by atoms with Gasteiger partial charge in [-0.3, -0.25) is 0 Å². The number of benzene rings is 2. The fourth-order valence-electron chi connectivity index (χ4n) is 2.84. The van der Waals surface area contributed by atoms with E-state index in [9.17, 15) is 0 Å². The van der Waals surface area contributed by atoms with Gasteiger partial charge in [0.1, 0.15) is 5.75 Å². The van der Waals surface area contributed by atoms with E-state index in [4.69, 9.17) is 21.3 Å². The van der Waals surface area contributed by atoms with E-state index in [1.807, 2.05) is 36.4 Å². The Kier molecular flexibility index (Phi) is 4.63. The van der Waals surface area contributed by atoms with Gasteiger partial charge in [-0.25, -0.2) is 4.99 Å². The maximum absolute atomic E-state index is 6.02. The molecule has 4 rings (SSSR count). The summed E-state index contributed by atoms with van der Waals surface area (Å²) in [4.78, 5) is 6.98. The Morgan fingerprint density at radius 1 is 1.20 bits per heavy atom. The van der Waals surface area contributed by atoms with Crippen molar-refractivity contribution in [2.45, 2.75) is 6.04 Å². The first-order valence-corrected chi connectivity index (χ1v) is 9.72. The average Bonchev–Trinajstić information content (AvgIpc) is 3.10. The van der Waals surface area contributed by atoms with Gasteiger partial charge in [-0.2, -0.15) is 0 Å². The summed E-state index contributed by atoms with van der Waals surface area (Å²) in [5.41, 5.74) is 3.16. The van der Waals surface area contributed by atoms with Crippen LogP contribution in [0.25, 0.3) is 5.70 Å². The molecule has 0 bridgehead atoms. The SMILES string of the molecule is COc1ccc(C2C=C(c3ccc(Cl)cc3)N=C3SC=CN32)c(Br)c1. The van der Waals surface area contributed by atoms with E-state index in [0.717, 1.165) is 37.2 Å². The van der Waals surface area contributed by atoms with Gasteiger partial charge in [0.05, 0.1) is 18.8 Å². The Bertz CT molecular complexity index is 908. The Labute approximate surface area is 164 Å². The second kappa shape index (κ2) is 6.90. The zero-order valence-electron chi connectivity index (χ0n) is 13.3. The van der Waals surface area contributed by atoms with Crippen LogP contribution in [0, 0.1) is 0 Å². The lowest BCUT2D eigenvalue weighted by Gasteiger charge is -2.30. The largest absolute Gasteiger partial charge is 0.497 e. The third-order valence-corrected chi connectivity index (χ3v) is 5.82. The molecule has 0 saturated heterocycles. The van der Waals surface area contributed by atoms with Crippen molar-refractivity contribution in [3.63, 3.8) is 0 Å². The molecule has 6 heteroatoms. The first-order chi connectivity index (χ1) is 12.2. The number of hydrogen-bond acceptors (Lipinski definition) is 4. The van der Waals surface area contributed by atoms with Gasteiger partial charge >= 0.3 is 0 Å². The molecular formula is C19H14BrClN2OS. The number of amidine groups is 1. The molecule has 0 N–H and O–H groups in total. The molecule has 0 saturated carbocycles. The van der Waals surface area contributed by atoms with Gasteiger partial charge in [-0.1, -0.05) is 57.5 Å². The van der Waals surface area contributed by atoms with Gasteiger partial charge in [-0.15, -0.1) is 0 Å². The predicted octanol–water partition coefficient (Wildman–Crippen LogP) is 6.08. The average molecular weight is 434 g/mol. The molecule has 0 fully saturated rings. The second-order valence-corrected chi connectivity index (χ2v) is 7.76. The van der Waals surface area contributed by atoms with Gasteiger partial charge in [0.2, 0.25) is 0 Å². The summed E-state index contributed by atoms with van der Waals surface area (Å²) in [5, 5.41) is 3.75. The van der Waals surface area contributed by atoms with E-state index < -0.39 is 0 Å². The minimum Gasteiger partial charge on any atom is -0.497 e. The highest BCUT2D eigenvalue weighted by Crippen LogP contribution is 2.41. The van der Waals surface area contributed by atoms with E-state index in [1.165, 1.54) is 0 Å². The summed E-state index contributed by atoms with van der Waals surface area (Å²) in [6.07, 6.45) is 4.25. The third kappa shape index (κ3) is 3.24. The van der Waals surface area contributed by atoms with E-state index in [-0.39, 0.29) is 6.04 Å². The maximum Gasteiger partial charge on any atom is 0.173 e. The number of thioether (sulfide) groups is 1. The molecular weight excluding hydrogens is 420 g/mol. The van der Waals surface area contributed by atoms with Crippen LogP contribution in [-0.4, -0.2) is 17.2 Å². The van der Waals surface area contributed by atoms with E-state index >= 15 is 0 Å². The first-order valence-electron chi connectivity index (χ1n) is 7.67. The van der Waals surface area contributed by atoms with Gasteiger partial charge in [-0.05, 0) is 41.3 Å². The topological polar surface area (TPSA) is 24.8 Å². The van der Waals surface area contributed by atoms with Crippen LogP contribution in [0.3, 0.4) is 0 Å². The van der Waals surface area contributed by atoms with Gasteiger partial charge in [0.15, 0.2) is 5.17 Å². The minimum absolute atomic E-state index is 0.0599. The lowest BCUT2D eigenvalue weighted by atomic mass is 10.0. The van der Waals surface area contributed by atoms with Crippen LogP contribution in [0.1, 0.15) is 17.2 Å². The van der Waals surface area contributed by atoms with Crippen molar-refractivity contribution in [2.75, 3.05) is 7.11 Å². The molecule has 0 aromatic heterocycles. The van der Waals surface area contributed by atoms with Gasteiger partial charge in [0, 0.05) is 21.3 Å². The van der Waals surface area contributed by atoms with Crippen molar-refractivity contribution in [2.24, 2.45) is 4.99 Å². The molecule has 1 atom stereocenters. The number of ether oxygens (including phenoxy) is 1. The zero-order valence-corrected chi connectivity index (χ0v) is 16.5. The summed E-state index contributed by atoms with van der Waals surface area (Å²) in [5.74, 6) is 0.827. The van der Waals surface area contributed by atoms with Gasteiger partial charge in [0.25, 0.3) is 0 Å². The number of rotatable bonds is 3. The van der Waals surface area contributed by atoms with Crippen LogP contribution in [0.4, 0.5) is 0 Å². The molecule has 0 aliphatic carbocycles. The molecule has 126 valence electrons. The number of aliphatic imine (C=N–C) groups is 1. The highest BCUT2D eigenvalue weighted by molar-refractivity contribution is 9.10. The molecule has 2 aliphatic heterocycles. The lowest BCUT2D eigenvalue weighted by molar-refractivity contribution is 0.413.